The predicted octanol–water partition coefficient (Wildman–Crippen LogP) is 7.82. The van der Waals surface area contributed by atoms with E-state index in [4.69, 9.17) is 37.7 Å². The third kappa shape index (κ3) is 5.78. The summed E-state index contributed by atoms with van der Waals surface area (Å²) in [6, 6.07) is 14.3. The van der Waals surface area contributed by atoms with E-state index in [2.05, 4.69) is 37.0 Å². The van der Waals surface area contributed by atoms with Gasteiger partial charge in [-0.25, -0.2) is 4.98 Å². The van der Waals surface area contributed by atoms with Gasteiger partial charge in [-0.2, -0.15) is 9.78 Å². The molecule has 186 valence electrons. The quantitative estimate of drug-likeness (QED) is 0.191. The van der Waals surface area contributed by atoms with E-state index < -0.39 is 0 Å². The molecule has 4 rings (SSSR count). The van der Waals surface area contributed by atoms with Crippen molar-refractivity contribution in [3.05, 3.63) is 94.8 Å². The lowest BCUT2D eigenvalue weighted by Crippen LogP contribution is -2.23. The van der Waals surface area contributed by atoms with Crippen LogP contribution in [0.5, 0.6) is 11.5 Å². The number of halogens is 4. The number of hydrogen-bond acceptors (Lipinski definition) is 5. The molecule has 0 saturated carbocycles. The molecular formula is C26H21Br2Cl2N3O3. The fourth-order valence-electron chi connectivity index (χ4n) is 3.55. The van der Waals surface area contributed by atoms with E-state index >= 15 is 0 Å². The van der Waals surface area contributed by atoms with E-state index in [1.165, 1.54) is 4.68 Å². The fraction of sp³-hybridized carbons (Fsp3) is 0.192. The maximum atomic E-state index is 13.4. The van der Waals surface area contributed by atoms with Gasteiger partial charge in [0.05, 0.1) is 34.3 Å². The fourth-order valence-corrected chi connectivity index (χ4v) is 4.68. The summed E-state index contributed by atoms with van der Waals surface area (Å²) < 4.78 is 14.6. The van der Waals surface area contributed by atoms with Crippen LogP contribution in [0.15, 0.2) is 67.4 Å². The molecule has 36 heavy (non-hydrogen) atoms. The average molecular weight is 654 g/mol. The van der Waals surface area contributed by atoms with Crippen molar-refractivity contribution in [3.8, 4) is 11.5 Å². The Kier molecular flexibility index (Phi) is 8.40. The van der Waals surface area contributed by atoms with Crippen LogP contribution in [-0.4, -0.2) is 23.0 Å². The van der Waals surface area contributed by atoms with E-state index in [0.717, 1.165) is 14.5 Å². The number of methoxy groups -OCH3 is 1. The number of aromatic nitrogens is 2. The molecule has 1 aromatic heterocycles. The van der Waals surface area contributed by atoms with Crippen molar-refractivity contribution in [2.75, 3.05) is 7.11 Å². The first kappa shape index (κ1) is 26.7. The lowest BCUT2D eigenvalue weighted by Gasteiger charge is -2.15. The van der Waals surface area contributed by atoms with Gasteiger partial charge < -0.3 is 9.47 Å². The Morgan fingerprint density at radius 1 is 1.06 bits per heavy atom. The Morgan fingerprint density at radius 2 is 1.83 bits per heavy atom. The molecular weight excluding hydrogens is 633 g/mol. The Morgan fingerprint density at radius 3 is 2.53 bits per heavy atom. The van der Waals surface area contributed by atoms with Gasteiger partial charge in [-0.15, -0.1) is 0 Å². The molecule has 0 spiro atoms. The average Bonchev–Trinajstić information content (AvgIpc) is 2.84. The van der Waals surface area contributed by atoms with Crippen molar-refractivity contribution in [2.45, 2.75) is 26.4 Å². The summed E-state index contributed by atoms with van der Waals surface area (Å²) in [5.41, 5.74) is 1.80. The molecule has 0 aliphatic carbocycles. The second-order valence-electron chi connectivity index (χ2n) is 8.21. The van der Waals surface area contributed by atoms with Crippen molar-refractivity contribution in [3.63, 3.8) is 0 Å². The van der Waals surface area contributed by atoms with Gasteiger partial charge in [0.25, 0.3) is 5.56 Å². The van der Waals surface area contributed by atoms with Crippen molar-refractivity contribution in [1.29, 1.82) is 0 Å². The summed E-state index contributed by atoms with van der Waals surface area (Å²) in [5.74, 6) is 1.48. The molecule has 0 N–H and O–H groups in total. The van der Waals surface area contributed by atoms with Crippen molar-refractivity contribution in [2.24, 2.45) is 5.10 Å². The topological polar surface area (TPSA) is 65.7 Å². The summed E-state index contributed by atoms with van der Waals surface area (Å²) in [7, 11) is 1.56. The summed E-state index contributed by atoms with van der Waals surface area (Å²) in [5, 5.41) is 5.92. The minimum absolute atomic E-state index is 0.0367. The van der Waals surface area contributed by atoms with E-state index in [0.29, 0.717) is 43.8 Å². The van der Waals surface area contributed by atoms with Crippen LogP contribution in [0.4, 0.5) is 0 Å². The second-order valence-corrected chi connectivity index (χ2v) is 10.9. The van der Waals surface area contributed by atoms with Gasteiger partial charge in [0.1, 0.15) is 12.4 Å². The molecule has 0 atom stereocenters. The summed E-state index contributed by atoms with van der Waals surface area (Å²) in [6.07, 6.45) is 1.57. The molecule has 0 aliphatic heterocycles. The first-order valence-corrected chi connectivity index (χ1v) is 13.2. The number of rotatable bonds is 7. The predicted molar refractivity (Wildman–Crippen MR) is 152 cm³/mol. The highest BCUT2D eigenvalue weighted by atomic mass is 79.9. The van der Waals surface area contributed by atoms with E-state index in [9.17, 15) is 4.79 Å². The molecule has 4 aromatic rings. The monoisotopic (exact) mass is 651 g/mol. The van der Waals surface area contributed by atoms with Gasteiger partial charge in [0, 0.05) is 20.4 Å². The first-order chi connectivity index (χ1) is 17.2. The number of benzene rings is 3. The van der Waals surface area contributed by atoms with E-state index in [-0.39, 0.29) is 18.1 Å². The van der Waals surface area contributed by atoms with Gasteiger partial charge in [-0.3, -0.25) is 4.79 Å². The van der Waals surface area contributed by atoms with Crippen LogP contribution in [0.1, 0.15) is 36.7 Å². The number of ether oxygens (including phenoxy) is 2. The summed E-state index contributed by atoms with van der Waals surface area (Å²) in [4.78, 5) is 18.1. The molecule has 0 saturated heterocycles. The summed E-state index contributed by atoms with van der Waals surface area (Å²) in [6.45, 7) is 4.15. The highest BCUT2D eigenvalue weighted by Crippen LogP contribution is 2.35. The molecule has 0 radical (unpaired) electrons. The van der Waals surface area contributed by atoms with Crippen molar-refractivity contribution < 1.29 is 9.47 Å². The Hall–Kier alpha value is -2.39. The minimum atomic E-state index is -0.263. The molecule has 3 aromatic carbocycles. The van der Waals surface area contributed by atoms with Crippen LogP contribution < -0.4 is 15.0 Å². The van der Waals surface area contributed by atoms with Gasteiger partial charge in [0.15, 0.2) is 11.5 Å². The molecule has 6 nitrogen and oxygen atoms in total. The molecule has 0 unspecified atom stereocenters. The Balaban J connectivity index is 1.78. The zero-order valence-electron chi connectivity index (χ0n) is 19.6. The van der Waals surface area contributed by atoms with Crippen molar-refractivity contribution >= 4 is 72.2 Å². The molecule has 0 aliphatic rings. The van der Waals surface area contributed by atoms with Gasteiger partial charge in [-0.1, -0.05) is 75.0 Å². The van der Waals surface area contributed by atoms with Crippen LogP contribution in [0.3, 0.4) is 0 Å². The normalized spacial score (nSPS) is 11.6. The molecule has 0 amide bonds. The minimum Gasteiger partial charge on any atom is -0.493 e. The number of hydrogen-bond donors (Lipinski definition) is 0. The molecule has 1 heterocycles. The summed E-state index contributed by atoms with van der Waals surface area (Å²) >= 11 is 19.1. The van der Waals surface area contributed by atoms with Crippen LogP contribution in [0.2, 0.25) is 10.0 Å². The van der Waals surface area contributed by atoms with Crippen LogP contribution in [-0.2, 0) is 6.61 Å². The molecule has 0 fully saturated rings. The van der Waals surface area contributed by atoms with Crippen LogP contribution in [0.25, 0.3) is 10.9 Å². The van der Waals surface area contributed by atoms with Gasteiger partial charge in [0.2, 0.25) is 0 Å². The van der Waals surface area contributed by atoms with Crippen LogP contribution in [0, 0.1) is 0 Å². The third-order valence-electron chi connectivity index (χ3n) is 5.30. The first-order valence-electron chi connectivity index (χ1n) is 10.9. The standard InChI is InChI=1S/C26H21Br2Cl2N3O3/c1-14(2)25-32-22-7-5-17(27)10-19(22)26(34)33(25)31-12-16-9-18(28)11-23(35-3)24(16)36-13-15-4-6-20(29)21(30)8-15/h4-12,14H,13H2,1-3H3. The lowest BCUT2D eigenvalue weighted by molar-refractivity contribution is 0.284. The molecule has 0 bridgehead atoms. The molecule has 10 heteroatoms. The van der Waals surface area contributed by atoms with Crippen LogP contribution >= 0.6 is 55.1 Å². The van der Waals surface area contributed by atoms with E-state index in [1.54, 1.807) is 37.6 Å². The smallest absolute Gasteiger partial charge is 0.282 e. The zero-order valence-corrected chi connectivity index (χ0v) is 24.2. The zero-order chi connectivity index (χ0) is 26.0. The Bertz CT molecular complexity index is 1540. The van der Waals surface area contributed by atoms with Gasteiger partial charge in [-0.05, 0) is 48.0 Å². The number of fused-ring (bicyclic) bond motifs is 1. The Labute approximate surface area is 235 Å². The highest BCUT2D eigenvalue weighted by molar-refractivity contribution is 9.10. The number of nitrogens with zero attached hydrogens (tertiary/aromatic N) is 3. The highest BCUT2D eigenvalue weighted by Gasteiger charge is 2.16. The lowest BCUT2D eigenvalue weighted by atomic mass is 10.2. The maximum absolute atomic E-state index is 13.4. The largest absolute Gasteiger partial charge is 0.493 e. The second kappa shape index (κ2) is 11.3. The van der Waals surface area contributed by atoms with Crippen molar-refractivity contribution in [1.82, 2.24) is 9.66 Å². The SMILES string of the molecule is COc1cc(Br)cc(C=Nn2c(C(C)C)nc3ccc(Br)cc3c2=O)c1OCc1ccc(Cl)c(Cl)c1. The maximum Gasteiger partial charge on any atom is 0.282 e. The third-order valence-corrected chi connectivity index (χ3v) is 6.99. The van der Waals surface area contributed by atoms with E-state index in [1.807, 2.05) is 38.1 Å². The van der Waals surface area contributed by atoms with Gasteiger partial charge >= 0.3 is 0 Å².